The molecule has 1 aromatic carbocycles. The van der Waals surface area contributed by atoms with Crippen molar-refractivity contribution in [1.82, 2.24) is 4.90 Å². The zero-order valence-electron chi connectivity index (χ0n) is 14.1. The van der Waals surface area contributed by atoms with Crippen LogP contribution < -0.4 is 0 Å². The van der Waals surface area contributed by atoms with Crippen LogP contribution in [-0.2, 0) is 14.3 Å². The van der Waals surface area contributed by atoms with Crippen molar-refractivity contribution in [2.24, 2.45) is 5.92 Å². The molecule has 1 aromatic rings. The second-order valence-electron chi connectivity index (χ2n) is 5.99. The summed E-state index contributed by atoms with van der Waals surface area (Å²) in [4.78, 5) is 15.5. The van der Waals surface area contributed by atoms with Crippen LogP contribution in [-0.4, -0.2) is 56.6 Å². The maximum Gasteiger partial charge on any atom is 0.232 e. The molecule has 5 heteroatoms. The number of hydrogen-bond donors (Lipinski definition) is 0. The van der Waals surface area contributed by atoms with Gasteiger partial charge in [0.2, 0.25) is 5.91 Å². The molecule has 0 saturated carbocycles. The number of carbonyl (C=O) groups excluding carboxylic acids is 1. The average Bonchev–Trinajstić information content (AvgIpc) is 2.58. The Kier molecular flexibility index (Phi) is 7.92. The van der Waals surface area contributed by atoms with Gasteiger partial charge in [-0.3, -0.25) is 4.79 Å². The van der Waals surface area contributed by atoms with Gasteiger partial charge in [-0.05, 0) is 37.8 Å². The second kappa shape index (κ2) is 9.96. The Morgan fingerprint density at radius 1 is 1.22 bits per heavy atom. The topological polar surface area (TPSA) is 38.8 Å². The molecule has 1 fully saturated rings. The van der Waals surface area contributed by atoms with Crippen molar-refractivity contribution in [3.05, 3.63) is 29.8 Å². The summed E-state index contributed by atoms with van der Waals surface area (Å²) in [6.07, 6.45) is 2.07. The summed E-state index contributed by atoms with van der Waals surface area (Å²) < 4.78 is 10.6. The third-order valence-corrected chi connectivity index (χ3v) is 5.13. The summed E-state index contributed by atoms with van der Waals surface area (Å²) in [6.45, 7) is 5.86. The zero-order chi connectivity index (χ0) is 16.5. The van der Waals surface area contributed by atoms with E-state index in [1.807, 2.05) is 4.90 Å². The average molecular weight is 337 g/mol. The lowest BCUT2D eigenvalue weighted by Gasteiger charge is -2.31. The van der Waals surface area contributed by atoms with Crippen LogP contribution in [0.3, 0.4) is 0 Å². The molecule has 1 amide bonds. The first-order valence-corrected chi connectivity index (χ1v) is 9.21. The van der Waals surface area contributed by atoms with Crippen LogP contribution in [0.2, 0.25) is 0 Å². The lowest BCUT2D eigenvalue weighted by molar-refractivity contribution is -0.130. The standard InChI is InChI=1S/C18H27NO3S/c1-15-3-5-17(6-4-15)23-14-18(20)19-9-7-16(8-10-19)13-22-12-11-21-2/h3-6,16H,7-14H2,1-2H3. The molecule has 128 valence electrons. The fourth-order valence-electron chi connectivity index (χ4n) is 2.61. The molecule has 0 aliphatic carbocycles. The maximum absolute atomic E-state index is 12.3. The number of carbonyl (C=O) groups is 1. The lowest BCUT2D eigenvalue weighted by Crippen LogP contribution is -2.40. The van der Waals surface area contributed by atoms with Crippen molar-refractivity contribution < 1.29 is 14.3 Å². The quantitative estimate of drug-likeness (QED) is 0.540. The minimum absolute atomic E-state index is 0.245. The number of rotatable bonds is 8. The van der Waals surface area contributed by atoms with E-state index in [2.05, 4.69) is 31.2 Å². The molecule has 2 rings (SSSR count). The molecular weight excluding hydrogens is 310 g/mol. The molecule has 1 heterocycles. The first-order valence-electron chi connectivity index (χ1n) is 8.23. The number of ether oxygens (including phenoxy) is 2. The number of thioether (sulfide) groups is 1. The van der Waals surface area contributed by atoms with E-state index in [-0.39, 0.29) is 5.91 Å². The molecule has 0 spiro atoms. The summed E-state index contributed by atoms with van der Waals surface area (Å²) in [5, 5.41) is 0. The number of amides is 1. The van der Waals surface area contributed by atoms with Gasteiger partial charge in [0.25, 0.3) is 0 Å². The summed E-state index contributed by atoms with van der Waals surface area (Å²) in [7, 11) is 1.68. The SMILES string of the molecule is COCCOCC1CCN(C(=O)CSc2ccc(C)cc2)CC1. The normalized spacial score (nSPS) is 15.8. The molecule has 1 saturated heterocycles. The van der Waals surface area contributed by atoms with E-state index in [1.165, 1.54) is 5.56 Å². The predicted molar refractivity (Wildman–Crippen MR) is 93.9 cm³/mol. The number of piperidine rings is 1. The molecule has 1 aliphatic rings. The van der Waals surface area contributed by atoms with Gasteiger partial charge in [0.05, 0.1) is 19.0 Å². The first kappa shape index (κ1) is 18.3. The third kappa shape index (κ3) is 6.53. The highest BCUT2D eigenvalue weighted by Gasteiger charge is 2.22. The summed E-state index contributed by atoms with van der Waals surface area (Å²) in [6, 6.07) is 8.33. The van der Waals surface area contributed by atoms with E-state index < -0.39 is 0 Å². The van der Waals surface area contributed by atoms with E-state index in [4.69, 9.17) is 9.47 Å². The van der Waals surface area contributed by atoms with Crippen LogP contribution in [0.15, 0.2) is 29.2 Å². The van der Waals surface area contributed by atoms with Crippen LogP contribution in [0.4, 0.5) is 0 Å². The van der Waals surface area contributed by atoms with Gasteiger partial charge < -0.3 is 14.4 Å². The van der Waals surface area contributed by atoms with Crippen LogP contribution in [0.1, 0.15) is 18.4 Å². The number of methoxy groups -OCH3 is 1. The summed E-state index contributed by atoms with van der Waals surface area (Å²) in [5.41, 5.74) is 1.25. The van der Waals surface area contributed by atoms with Gasteiger partial charge in [0.15, 0.2) is 0 Å². The van der Waals surface area contributed by atoms with Crippen molar-refractivity contribution in [3.63, 3.8) is 0 Å². The Morgan fingerprint density at radius 3 is 2.57 bits per heavy atom. The van der Waals surface area contributed by atoms with E-state index >= 15 is 0 Å². The van der Waals surface area contributed by atoms with Gasteiger partial charge in [-0.25, -0.2) is 0 Å². The molecule has 0 radical (unpaired) electrons. The third-order valence-electron chi connectivity index (χ3n) is 4.14. The molecule has 4 nitrogen and oxygen atoms in total. The van der Waals surface area contributed by atoms with Crippen molar-refractivity contribution in [2.45, 2.75) is 24.7 Å². The largest absolute Gasteiger partial charge is 0.382 e. The summed E-state index contributed by atoms with van der Waals surface area (Å²) in [5.74, 6) is 1.34. The molecule has 0 atom stereocenters. The summed E-state index contributed by atoms with van der Waals surface area (Å²) >= 11 is 1.62. The van der Waals surface area contributed by atoms with Crippen molar-refractivity contribution in [1.29, 1.82) is 0 Å². The zero-order valence-corrected chi connectivity index (χ0v) is 14.9. The minimum Gasteiger partial charge on any atom is -0.382 e. The smallest absolute Gasteiger partial charge is 0.232 e. The van der Waals surface area contributed by atoms with Crippen LogP contribution >= 0.6 is 11.8 Å². The van der Waals surface area contributed by atoms with Gasteiger partial charge in [0, 0.05) is 31.7 Å². The van der Waals surface area contributed by atoms with Crippen molar-refractivity contribution in [3.8, 4) is 0 Å². The van der Waals surface area contributed by atoms with Crippen molar-refractivity contribution >= 4 is 17.7 Å². The van der Waals surface area contributed by atoms with Crippen LogP contribution in [0.25, 0.3) is 0 Å². The molecular formula is C18H27NO3S. The first-order chi connectivity index (χ1) is 11.2. The van der Waals surface area contributed by atoms with Crippen molar-refractivity contribution in [2.75, 3.05) is 45.8 Å². The fourth-order valence-corrected chi connectivity index (χ4v) is 3.41. The van der Waals surface area contributed by atoms with Gasteiger partial charge in [-0.1, -0.05) is 17.7 Å². The van der Waals surface area contributed by atoms with Gasteiger partial charge >= 0.3 is 0 Å². The second-order valence-corrected chi connectivity index (χ2v) is 7.04. The monoisotopic (exact) mass is 337 g/mol. The van der Waals surface area contributed by atoms with E-state index in [1.54, 1.807) is 18.9 Å². The van der Waals surface area contributed by atoms with E-state index in [0.29, 0.717) is 24.9 Å². The highest BCUT2D eigenvalue weighted by atomic mass is 32.2. The lowest BCUT2D eigenvalue weighted by atomic mass is 9.98. The van der Waals surface area contributed by atoms with E-state index in [9.17, 15) is 4.79 Å². The molecule has 0 N–H and O–H groups in total. The fraction of sp³-hybridized carbons (Fsp3) is 0.611. The molecule has 0 unspecified atom stereocenters. The van der Waals surface area contributed by atoms with Gasteiger partial charge in [-0.2, -0.15) is 0 Å². The van der Waals surface area contributed by atoms with Crippen LogP contribution in [0.5, 0.6) is 0 Å². The highest BCUT2D eigenvalue weighted by Crippen LogP contribution is 2.21. The Hall–Kier alpha value is -1.04. The Balaban J connectivity index is 1.64. The number of hydrogen-bond acceptors (Lipinski definition) is 4. The van der Waals surface area contributed by atoms with Crippen LogP contribution in [0, 0.1) is 12.8 Å². The Bertz CT molecular complexity index is 470. The Morgan fingerprint density at radius 2 is 1.91 bits per heavy atom. The van der Waals surface area contributed by atoms with E-state index in [0.717, 1.165) is 37.4 Å². The molecule has 1 aliphatic heterocycles. The Labute approximate surface area is 143 Å². The molecule has 0 aromatic heterocycles. The number of nitrogens with zero attached hydrogens (tertiary/aromatic N) is 1. The predicted octanol–water partition coefficient (Wildman–Crippen LogP) is 2.99. The molecule has 23 heavy (non-hydrogen) atoms. The maximum atomic E-state index is 12.3. The minimum atomic E-state index is 0.245. The number of benzene rings is 1. The highest BCUT2D eigenvalue weighted by molar-refractivity contribution is 8.00. The molecule has 0 bridgehead atoms. The van der Waals surface area contributed by atoms with Gasteiger partial charge in [0.1, 0.15) is 0 Å². The number of likely N-dealkylation sites (tertiary alicyclic amines) is 1. The van der Waals surface area contributed by atoms with Gasteiger partial charge in [-0.15, -0.1) is 11.8 Å². The number of aryl methyl sites for hydroxylation is 1.